The average Bonchev–Trinajstić information content (AvgIpc) is 3.13. The minimum Gasteiger partial charge on any atom is -0.504 e. The van der Waals surface area contributed by atoms with Crippen LogP contribution in [0, 0.1) is 17.1 Å². The number of aromatic nitrogens is 1. The van der Waals surface area contributed by atoms with Crippen LogP contribution < -0.4 is 25.2 Å². The maximum absolute atomic E-state index is 14.8. The van der Waals surface area contributed by atoms with E-state index in [0.717, 1.165) is 37.1 Å². The Balaban J connectivity index is 0.00000174. The number of halogens is 1. The third-order valence-electron chi connectivity index (χ3n) is 7.95. The number of methoxy groups -OCH3 is 2. The molecule has 1 amide bonds. The van der Waals surface area contributed by atoms with Gasteiger partial charge in [0, 0.05) is 43.4 Å². The Morgan fingerprint density at radius 1 is 1.04 bits per heavy atom. The van der Waals surface area contributed by atoms with E-state index >= 15 is 0 Å². The number of anilines is 1. The molecule has 0 radical (unpaired) electrons. The predicted octanol–water partition coefficient (Wildman–Crippen LogP) is 5.13. The number of piperidine rings is 1. The van der Waals surface area contributed by atoms with Crippen LogP contribution in [0.5, 0.6) is 17.2 Å². The number of nitrogens with one attached hydrogen (secondary N) is 2. The van der Waals surface area contributed by atoms with Crippen molar-refractivity contribution in [2.24, 2.45) is 0 Å². The van der Waals surface area contributed by atoms with Crippen LogP contribution >= 0.6 is 0 Å². The minimum absolute atomic E-state index is 0.0578. The number of amides is 1. The van der Waals surface area contributed by atoms with Gasteiger partial charge in [0.25, 0.3) is 12.4 Å². The van der Waals surface area contributed by atoms with Crippen LogP contribution in [0.4, 0.5) is 10.2 Å². The number of pyridine rings is 1. The maximum atomic E-state index is 14.8. The SMILES string of the molecule is COc1ccc(-c2c(OC)cc(N3CCC(NCc4ccc(/C=C/C(=O)NO)cc4)CC3)nc2-c2ccc(C#N)c(F)c2)cc1O.O=CO. The molecule has 49 heavy (non-hydrogen) atoms. The molecule has 13 heteroatoms. The number of phenolic OH excluding ortho intramolecular Hbond substituents is 1. The Hall–Kier alpha value is -5.97. The number of aromatic hydroxyl groups is 1. The first-order valence-corrected chi connectivity index (χ1v) is 15.2. The smallest absolute Gasteiger partial charge is 0.290 e. The van der Waals surface area contributed by atoms with Gasteiger partial charge in [0.2, 0.25) is 0 Å². The highest BCUT2D eigenvalue weighted by atomic mass is 19.1. The molecule has 2 heterocycles. The van der Waals surface area contributed by atoms with Gasteiger partial charge in [-0.2, -0.15) is 5.26 Å². The second-order valence-electron chi connectivity index (χ2n) is 10.9. The molecular formula is C36H36FN5O7. The molecule has 3 aromatic carbocycles. The number of phenols is 1. The number of hydrogen-bond acceptors (Lipinski definition) is 10. The number of rotatable bonds is 10. The highest BCUT2D eigenvalue weighted by Gasteiger charge is 2.25. The number of carboxylic acid groups (broad SMARTS) is 1. The molecular weight excluding hydrogens is 633 g/mol. The molecule has 1 aromatic heterocycles. The van der Waals surface area contributed by atoms with Crippen LogP contribution in [-0.4, -0.2) is 66.1 Å². The van der Waals surface area contributed by atoms with Crippen molar-refractivity contribution in [3.63, 3.8) is 0 Å². The van der Waals surface area contributed by atoms with E-state index in [0.29, 0.717) is 52.3 Å². The van der Waals surface area contributed by atoms with Crippen molar-refractivity contribution in [2.45, 2.75) is 25.4 Å². The second-order valence-corrected chi connectivity index (χ2v) is 10.9. The summed E-state index contributed by atoms with van der Waals surface area (Å²) in [5, 5.41) is 38.9. The van der Waals surface area contributed by atoms with Crippen molar-refractivity contribution in [3.8, 4) is 45.7 Å². The van der Waals surface area contributed by atoms with E-state index in [1.807, 2.05) is 36.4 Å². The molecule has 1 saturated heterocycles. The molecule has 254 valence electrons. The number of hydrogen-bond donors (Lipinski definition) is 5. The molecule has 0 aliphatic carbocycles. The second kappa shape index (κ2) is 17.3. The van der Waals surface area contributed by atoms with E-state index in [2.05, 4.69) is 10.2 Å². The number of carbonyl (C=O) groups excluding carboxylic acids is 1. The zero-order valence-corrected chi connectivity index (χ0v) is 26.9. The number of hydroxylamine groups is 1. The summed E-state index contributed by atoms with van der Waals surface area (Å²) >= 11 is 0. The summed E-state index contributed by atoms with van der Waals surface area (Å²) in [7, 11) is 3.02. The zero-order valence-electron chi connectivity index (χ0n) is 26.9. The molecule has 1 aliphatic rings. The van der Waals surface area contributed by atoms with Crippen LogP contribution in [0.2, 0.25) is 0 Å². The van der Waals surface area contributed by atoms with Gasteiger partial charge in [-0.15, -0.1) is 0 Å². The van der Waals surface area contributed by atoms with Crippen LogP contribution in [0.1, 0.15) is 29.5 Å². The van der Waals surface area contributed by atoms with Gasteiger partial charge in [0.15, 0.2) is 11.5 Å². The number of nitriles is 1. The molecule has 5 N–H and O–H groups in total. The quantitative estimate of drug-likeness (QED) is 0.0655. The lowest BCUT2D eigenvalue weighted by atomic mass is 9.96. The van der Waals surface area contributed by atoms with Crippen LogP contribution in [0.3, 0.4) is 0 Å². The third-order valence-corrected chi connectivity index (χ3v) is 7.95. The lowest BCUT2D eigenvalue weighted by molar-refractivity contribution is -0.124. The summed E-state index contributed by atoms with van der Waals surface area (Å²) in [6, 6.07) is 21.2. The van der Waals surface area contributed by atoms with Gasteiger partial charge in [-0.3, -0.25) is 14.8 Å². The largest absolute Gasteiger partial charge is 0.504 e. The molecule has 0 saturated carbocycles. The number of ether oxygens (including phenoxy) is 2. The summed E-state index contributed by atoms with van der Waals surface area (Å²) < 4.78 is 25.9. The summed E-state index contributed by atoms with van der Waals surface area (Å²) in [5.41, 5.74) is 5.57. The van der Waals surface area contributed by atoms with Crippen LogP contribution in [-0.2, 0) is 16.1 Å². The molecule has 0 spiro atoms. The third kappa shape index (κ3) is 9.10. The molecule has 1 aliphatic heterocycles. The number of nitrogens with zero attached hydrogens (tertiary/aromatic N) is 3. The number of benzene rings is 3. The van der Waals surface area contributed by atoms with E-state index in [4.69, 9.17) is 29.6 Å². The molecule has 5 rings (SSSR count). The zero-order chi connectivity index (χ0) is 35.3. The fourth-order valence-electron chi connectivity index (χ4n) is 5.45. The minimum atomic E-state index is -0.651. The highest BCUT2D eigenvalue weighted by Crippen LogP contribution is 2.43. The highest BCUT2D eigenvalue weighted by molar-refractivity contribution is 5.91. The van der Waals surface area contributed by atoms with Gasteiger partial charge in [-0.05, 0) is 59.9 Å². The van der Waals surface area contributed by atoms with E-state index in [1.165, 1.54) is 25.3 Å². The number of carbonyl (C=O) groups is 2. The van der Waals surface area contributed by atoms with E-state index in [-0.39, 0.29) is 17.8 Å². The van der Waals surface area contributed by atoms with Gasteiger partial charge >= 0.3 is 0 Å². The first-order valence-electron chi connectivity index (χ1n) is 15.2. The monoisotopic (exact) mass is 669 g/mol. The van der Waals surface area contributed by atoms with Gasteiger partial charge in [0.05, 0.1) is 31.0 Å². The fourth-order valence-corrected chi connectivity index (χ4v) is 5.45. The Morgan fingerprint density at radius 3 is 2.31 bits per heavy atom. The van der Waals surface area contributed by atoms with Gasteiger partial charge in [-0.1, -0.05) is 36.4 Å². The van der Waals surface area contributed by atoms with Crippen molar-refractivity contribution in [2.75, 3.05) is 32.2 Å². The lowest BCUT2D eigenvalue weighted by Crippen LogP contribution is -2.42. The van der Waals surface area contributed by atoms with Crippen molar-refractivity contribution >= 4 is 24.3 Å². The fraction of sp³-hybridized carbons (Fsp3) is 0.222. The average molecular weight is 670 g/mol. The standard InChI is InChI=1S/C35H34FN5O5.CH2O2/c1-45-30-11-10-24(18-29(30)42)34-31(46-2)19-32(39-35(34)25-8-9-26(20-37)28(36)17-25)41-15-13-27(14-16-41)38-21-23-5-3-22(4-6-23)7-12-33(43)40-44;2-1-3/h3-12,17-19,27,38,42,44H,13-16,21H2,1-2H3,(H,40,43);1H,(H,2,3)/b12-7+;. The molecule has 4 aromatic rings. The van der Waals surface area contributed by atoms with Crippen molar-refractivity contribution in [1.82, 2.24) is 15.8 Å². The molecule has 1 fully saturated rings. The molecule has 0 bridgehead atoms. The summed E-state index contributed by atoms with van der Waals surface area (Å²) in [5.74, 6) is 0.200. The van der Waals surface area contributed by atoms with Crippen molar-refractivity contribution < 1.29 is 38.9 Å². The summed E-state index contributed by atoms with van der Waals surface area (Å²) in [4.78, 5) is 26.7. The van der Waals surface area contributed by atoms with Crippen LogP contribution in [0.25, 0.3) is 28.5 Å². The molecule has 0 atom stereocenters. The summed E-state index contributed by atoms with van der Waals surface area (Å²) in [6.45, 7) is 1.90. The van der Waals surface area contributed by atoms with E-state index in [1.54, 1.807) is 42.9 Å². The summed E-state index contributed by atoms with van der Waals surface area (Å²) in [6.07, 6.45) is 4.62. The molecule has 0 unspecified atom stereocenters. The van der Waals surface area contributed by atoms with Gasteiger partial charge in [-0.25, -0.2) is 14.9 Å². The molecule has 12 nitrogen and oxygen atoms in total. The van der Waals surface area contributed by atoms with Crippen molar-refractivity contribution in [3.05, 3.63) is 95.3 Å². The topological polar surface area (TPSA) is 177 Å². The lowest BCUT2D eigenvalue weighted by Gasteiger charge is -2.34. The Bertz CT molecular complexity index is 1840. The normalized spacial score (nSPS) is 12.8. The van der Waals surface area contributed by atoms with Crippen LogP contribution in [0.15, 0.2) is 72.8 Å². The Labute approximate surface area is 282 Å². The first-order chi connectivity index (χ1) is 23.7. The van der Waals surface area contributed by atoms with Gasteiger partial charge < -0.3 is 29.9 Å². The maximum Gasteiger partial charge on any atom is 0.290 e. The Kier molecular flexibility index (Phi) is 12.6. The van der Waals surface area contributed by atoms with E-state index in [9.17, 15) is 19.6 Å². The van der Waals surface area contributed by atoms with E-state index < -0.39 is 11.7 Å². The Morgan fingerprint density at radius 2 is 1.71 bits per heavy atom. The van der Waals surface area contributed by atoms with Gasteiger partial charge in [0.1, 0.15) is 23.5 Å². The predicted molar refractivity (Wildman–Crippen MR) is 181 cm³/mol. The van der Waals surface area contributed by atoms with Crippen molar-refractivity contribution in [1.29, 1.82) is 5.26 Å². The first kappa shape index (κ1) is 35.9.